The zero-order valence-electron chi connectivity index (χ0n) is 11.0. The van der Waals surface area contributed by atoms with Gasteiger partial charge in [0.15, 0.2) is 0 Å². The molecule has 0 N–H and O–H groups in total. The van der Waals surface area contributed by atoms with E-state index in [0.717, 1.165) is 12.2 Å². The molecule has 1 aliphatic rings. The number of rotatable bonds is 9. The Bertz CT molecular complexity index is 398. The molecule has 0 saturated carbocycles. The lowest BCUT2D eigenvalue weighted by Gasteiger charge is -2.23. The summed E-state index contributed by atoms with van der Waals surface area (Å²) in [6, 6.07) is 10.1. The molecule has 3 heteroatoms. The van der Waals surface area contributed by atoms with E-state index in [-0.39, 0.29) is 18.3 Å². The van der Waals surface area contributed by atoms with Gasteiger partial charge in [0.25, 0.3) is 0 Å². The molecule has 2 rings (SSSR count). The zero-order chi connectivity index (χ0) is 13.5. The first-order chi connectivity index (χ1) is 9.35. The van der Waals surface area contributed by atoms with Gasteiger partial charge in [-0.25, -0.2) is 0 Å². The molecule has 1 aromatic carbocycles. The van der Waals surface area contributed by atoms with Crippen LogP contribution in [0.1, 0.15) is 5.56 Å². The molecule has 1 heterocycles. The van der Waals surface area contributed by atoms with Crippen LogP contribution in [0.4, 0.5) is 0 Å². The first-order valence-corrected chi connectivity index (χ1v) is 6.47. The monoisotopic (exact) mass is 260 g/mol. The van der Waals surface area contributed by atoms with Crippen molar-refractivity contribution in [3.05, 3.63) is 61.2 Å². The van der Waals surface area contributed by atoms with E-state index >= 15 is 0 Å². The second-order valence-electron chi connectivity index (χ2n) is 4.46. The van der Waals surface area contributed by atoms with E-state index in [1.165, 1.54) is 0 Å². The molecule has 0 unspecified atom stereocenters. The van der Waals surface area contributed by atoms with Crippen molar-refractivity contribution in [2.45, 2.75) is 24.9 Å². The van der Waals surface area contributed by atoms with Crippen molar-refractivity contribution in [3.63, 3.8) is 0 Å². The maximum atomic E-state index is 5.88. The van der Waals surface area contributed by atoms with Gasteiger partial charge in [-0.05, 0) is 5.56 Å². The minimum absolute atomic E-state index is 0.110. The molecule has 3 atom stereocenters. The van der Waals surface area contributed by atoms with E-state index in [1.807, 2.05) is 30.3 Å². The average Bonchev–Trinajstić information content (AvgIpc) is 3.28. The lowest BCUT2D eigenvalue weighted by atomic mass is 10.1. The summed E-state index contributed by atoms with van der Waals surface area (Å²) >= 11 is 0. The lowest BCUT2D eigenvalue weighted by molar-refractivity contribution is -0.0604. The van der Waals surface area contributed by atoms with E-state index < -0.39 is 0 Å². The van der Waals surface area contributed by atoms with Gasteiger partial charge in [0.2, 0.25) is 0 Å². The molecule has 102 valence electrons. The fourth-order valence-corrected chi connectivity index (χ4v) is 1.90. The summed E-state index contributed by atoms with van der Waals surface area (Å²) < 4.78 is 16.9. The highest BCUT2D eigenvalue weighted by Gasteiger charge is 2.38. The van der Waals surface area contributed by atoms with Crippen LogP contribution < -0.4 is 0 Å². The number of hydrogen-bond donors (Lipinski definition) is 0. The third kappa shape index (κ3) is 4.31. The zero-order valence-corrected chi connectivity index (χ0v) is 11.0. The largest absolute Gasteiger partial charge is 0.370 e. The van der Waals surface area contributed by atoms with Crippen LogP contribution in [-0.2, 0) is 20.8 Å². The summed E-state index contributed by atoms with van der Waals surface area (Å²) in [7, 11) is 0. The van der Waals surface area contributed by atoms with Crippen molar-refractivity contribution in [1.29, 1.82) is 0 Å². The standard InChI is InChI=1S/C16H20O3/c1-3-10-17-16(15-12-19-15)14(4-2)18-11-13-8-6-5-7-9-13/h3-9,14-16H,1-2,10-12H2/t14-,15-,16-/m1/s1. The van der Waals surface area contributed by atoms with Crippen LogP contribution in [0.2, 0.25) is 0 Å². The fourth-order valence-electron chi connectivity index (χ4n) is 1.90. The van der Waals surface area contributed by atoms with Crippen LogP contribution in [-0.4, -0.2) is 31.5 Å². The molecule has 1 fully saturated rings. The molecule has 1 aromatic rings. The quantitative estimate of drug-likeness (QED) is 0.505. The Labute approximate surface area is 114 Å². The molecular formula is C16H20O3. The molecular weight excluding hydrogens is 240 g/mol. The van der Waals surface area contributed by atoms with Gasteiger partial charge < -0.3 is 14.2 Å². The van der Waals surface area contributed by atoms with Crippen molar-refractivity contribution < 1.29 is 14.2 Å². The molecule has 1 aliphatic heterocycles. The lowest BCUT2D eigenvalue weighted by Crippen LogP contribution is -2.35. The maximum absolute atomic E-state index is 5.88. The SMILES string of the molecule is C=CCO[C@H]([C@@H](C=C)OCc1ccccc1)[C@H]1CO1. The van der Waals surface area contributed by atoms with Gasteiger partial charge in [0, 0.05) is 0 Å². The Morgan fingerprint density at radius 1 is 1.26 bits per heavy atom. The van der Waals surface area contributed by atoms with Crippen molar-refractivity contribution in [1.82, 2.24) is 0 Å². The molecule has 0 aromatic heterocycles. The van der Waals surface area contributed by atoms with Crippen LogP contribution >= 0.6 is 0 Å². The molecule has 0 amide bonds. The predicted molar refractivity (Wildman–Crippen MR) is 74.9 cm³/mol. The van der Waals surface area contributed by atoms with Crippen LogP contribution in [0.25, 0.3) is 0 Å². The van der Waals surface area contributed by atoms with Crippen LogP contribution in [0.15, 0.2) is 55.6 Å². The summed E-state index contributed by atoms with van der Waals surface area (Å²) in [6.45, 7) is 9.24. The van der Waals surface area contributed by atoms with Crippen molar-refractivity contribution in [2.24, 2.45) is 0 Å². The highest BCUT2D eigenvalue weighted by Crippen LogP contribution is 2.23. The minimum atomic E-state index is -0.173. The number of epoxide rings is 1. The van der Waals surface area contributed by atoms with E-state index in [1.54, 1.807) is 12.2 Å². The van der Waals surface area contributed by atoms with Gasteiger partial charge in [-0.2, -0.15) is 0 Å². The summed E-state index contributed by atoms with van der Waals surface area (Å²) in [5, 5.41) is 0. The first-order valence-electron chi connectivity index (χ1n) is 6.47. The van der Waals surface area contributed by atoms with Gasteiger partial charge in [-0.15, -0.1) is 13.2 Å². The topological polar surface area (TPSA) is 31.0 Å². The van der Waals surface area contributed by atoms with Gasteiger partial charge in [0.05, 0.1) is 19.8 Å². The van der Waals surface area contributed by atoms with Crippen LogP contribution in [0, 0.1) is 0 Å². The van der Waals surface area contributed by atoms with E-state index in [4.69, 9.17) is 14.2 Å². The number of ether oxygens (including phenoxy) is 3. The summed E-state index contributed by atoms with van der Waals surface area (Å²) in [4.78, 5) is 0. The second-order valence-corrected chi connectivity index (χ2v) is 4.46. The molecule has 1 saturated heterocycles. The smallest absolute Gasteiger partial charge is 0.116 e. The minimum Gasteiger partial charge on any atom is -0.370 e. The highest BCUT2D eigenvalue weighted by atomic mass is 16.6. The molecule has 0 bridgehead atoms. The van der Waals surface area contributed by atoms with Crippen molar-refractivity contribution >= 4 is 0 Å². The Morgan fingerprint density at radius 2 is 2.00 bits per heavy atom. The number of benzene rings is 1. The predicted octanol–water partition coefficient (Wildman–Crippen LogP) is 2.73. The van der Waals surface area contributed by atoms with Gasteiger partial charge in [0.1, 0.15) is 18.3 Å². The van der Waals surface area contributed by atoms with E-state index in [9.17, 15) is 0 Å². The van der Waals surface area contributed by atoms with Gasteiger partial charge >= 0.3 is 0 Å². The molecule has 19 heavy (non-hydrogen) atoms. The van der Waals surface area contributed by atoms with E-state index in [2.05, 4.69) is 13.2 Å². The highest BCUT2D eigenvalue weighted by molar-refractivity contribution is 5.13. The van der Waals surface area contributed by atoms with E-state index in [0.29, 0.717) is 13.2 Å². The van der Waals surface area contributed by atoms with Crippen molar-refractivity contribution in [3.8, 4) is 0 Å². The average molecular weight is 260 g/mol. The summed E-state index contributed by atoms with van der Waals surface area (Å²) in [5.74, 6) is 0. The summed E-state index contributed by atoms with van der Waals surface area (Å²) in [6.07, 6.45) is 3.33. The van der Waals surface area contributed by atoms with Gasteiger partial charge in [-0.1, -0.05) is 42.5 Å². The molecule has 0 aliphatic carbocycles. The van der Waals surface area contributed by atoms with Crippen LogP contribution in [0.5, 0.6) is 0 Å². The third-order valence-corrected chi connectivity index (χ3v) is 2.97. The maximum Gasteiger partial charge on any atom is 0.116 e. The Kier molecular flexibility index (Phi) is 5.33. The van der Waals surface area contributed by atoms with Crippen LogP contribution in [0.3, 0.4) is 0 Å². The summed E-state index contributed by atoms with van der Waals surface area (Å²) in [5.41, 5.74) is 1.13. The Hall–Kier alpha value is -1.42. The third-order valence-electron chi connectivity index (χ3n) is 2.97. The van der Waals surface area contributed by atoms with Gasteiger partial charge in [-0.3, -0.25) is 0 Å². The normalized spacial score (nSPS) is 20.5. The Morgan fingerprint density at radius 3 is 2.58 bits per heavy atom. The Balaban J connectivity index is 1.89. The van der Waals surface area contributed by atoms with Crippen molar-refractivity contribution in [2.75, 3.05) is 13.2 Å². The first kappa shape index (κ1) is 14.0. The second kappa shape index (κ2) is 7.24. The molecule has 0 spiro atoms. The number of hydrogen-bond acceptors (Lipinski definition) is 3. The molecule has 3 nitrogen and oxygen atoms in total. The molecule has 0 radical (unpaired) electrons. The fraction of sp³-hybridized carbons (Fsp3) is 0.375.